The molecular weight excluding hydrogens is 336 g/mol. The van der Waals surface area contributed by atoms with Crippen LogP contribution in [0.15, 0.2) is 65.9 Å². The van der Waals surface area contributed by atoms with Crippen LogP contribution in [0.5, 0.6) is 0 Å². The maximum absolute atomic E-state index is 12.3. The van der Waals surface area contributed by atoms with E-state index in [9.17, 15) is 4.79 Å². The Morgan fingerprint density at radius 1 is 1.08 bits per heavy atom. The molecule has 0 fully saturated rings. The minimum Gasteiger partial charge on any atom is -0.353 e. The average Bonchev–Trinajstić information content (AvgIpc) is 3.01. The molecule has 6 heteroatoms. The molecule has 1 amide bonds. The Bertz CT molecular complexity index is 1100. The van der Waals surface area contributed by atoms with E-state index in [0.717, 1.165) is 27.4 Å². The van der Waals surface area contributed by atoms with Gasteiger partial charge in [-0.05, 0) is 29.8 Å². The lowest BCUT2D eigenvalue weighted by molar-refractivity contribution is 0.0950. The summed E-state index contributed by atoms with van der Waals surface area (Å²) >= 11 is 5.83. The van der Waals surface area contributed by atoms with Gasteiger partial charge in [0.1, 0.15) is 5.69 Å². The third-order valence-electron chi connectivity index (χ3n) is 3.87. The van der Waals surface area contributed by atoms with Crippen LogP contribution in [-0.4, -0.2) is 22.1 Å². The van der Waals surface area contributed by atoms with E-state index < -0.39 is 0 Å². The van der Waals surface area contributed by atoms with Crippen molar-refractivity contribution in [1.82, 2.24) is 15.4 Å². The Balaban J connectivity index is 1.57. The van der Waals surface area contributed by atoms with E-state index in [-0.39, 0.29) is 5.91 Å². The highest BCUT2D eigenvalue weighted by Gasteiger charge is 2.10. The summed E-state index contributed by atoms with van der Waals surface area (Å²) in [6, 6.07) is 16.8. The number of halogens is 1. The van der Waals surface area contributed by atoms with Crippen molar-refractivity contribution in [3.8, 4) is 0 Å². The summed E-state index contributed by atoms with van der Waals surface area (Å²) in [6.07, 6.45) is 3.21. The Kier molecular flexibility index (Phi) is 3.91. The van der Waals surface area contributed by atoms with E-state index in [1.165, 1.54) is 0 Å². The van der Waals surface area contributed by atoms with E-state index >= 15 is 0 Å². The van der Waals surface area contributed by atoms with Gasteiger partial charge in [0.2, 0.25) is 0 Å². The lowest BCUT2D eigenvalue weighted by Gasteiger charge is -2.00. The summed E-state index contributed by atoms with van der Waals surface area (Å²) in [5, 5.41) is 6.62. The molecular formula is C19H13ClN4O. The van der Waals surface area contributed by atoms with Crippen molar-refractivity contribution in [3.63, 3.8) is 0 Å². The highest BCUT2D eigenvalue weighted by atomic mass is 35.5. The van der Waals surface area contributed by atoms with Gasteiger partial charge in [-0.25, -0.2) is 10.4 Å². The monoisotopic (exact) mass is 348 g/mol. The summed E-state index contributed by atoms with van der Waals surface area (Å²) in [4.78, 5) is 19.8. The van der Waals surface area contributed by atoms with Crippen molar-refractivity contribution in [2.45, 2.75) is 0 Å². The van der Waals surface area contributed by atoms with Gasteiger partial charge in [0, 0.05) is 21.3 Å². The first-order valence-electron chi connectivity index (χ1n) is 7.66. The molecule has 2 aromatic heterocycles. The first kappa shape index (κ1) is 15.4. The Morgan fingerprint density at radius 3 is 2.72 bits per heavy atom. The van der Waals surface area contributed by atoms with Crippen molar-refractivity contribution in [2.24, 2.45) is 5.10 Å². The second kappa shape index (κ2) is 6.37. The number of rotatable bonds is 3. The van der Waals surface area contributed by atoms with Crippen LogP contribution in [0.2, 0.25) is 5.02 Å². The number of carbonyl (C=O) groups excluding carboxylic acids is 1. The Morgan fingerprint density at radius 2 is 1.88 bits per heavy atom. The number of benzene rings is 2. The predicted octanol–water partition coefficient (Wildman–Crippen LogP) is 4.13. The number of aromatic nitrogens is 2. The van der Waals surface area contributed by atoms with Gasteiger partial charge in [-0.1, -0.05) is 41.9 Å². The predicted molar refractivity (Wildman–Crippen MR) is 100 cm³/mol. The number of amides is 1. The second-order valence-electron chi connectivity index (χ2n) is 5.54. The van der Waals surface area contributed by atoms with Crippen LogP contribution >= 0.6 is 11.6 Å². The zero-order chi connectivity index (χ0) is 17.2. The number of nitrogens with one attached hydrogen (secondary N) is 2. The number of fused-ring (bicyclic) bond motifs is 3. The van der Waals surface area contributed by atoms with Crippen LogP contribution in [0, 0.1) is 0 Å². The van der Waals surface area contributed by atoms with E-state index in [1.807, 2.05) is 36.4 Å². The molecule has 0 aliphatic rings. The van der Waals surface area contributed by atoms with Gasteiger partial charge < -0.3 is 4.98 Å². The smallest absolute Gasteiger partial charge is 0.289 e. The fraction of sp³-hybridized carbons (Fsp3) is 0. The molecule has 4 rings (SSSR count). The van der Waals surface area contributed by atoms with Crippen molar-refractivity contribution >= 4 is 45.5 Å². The summed E-state index contributed by atoms with van der Waals surface area (Å²) in [7, 11) is 0. The molecule has 2 N–H and O–H groups in total. The summed E-state index contributed by atoms with van der Waals surface area (Å²) < 4.78 is 0. The van der Waals surface area contributed by atoms with Gasteiger partial charge in [0.25, 0.3) is 5.91 Å². The first-order chi connectivity index (χ1) is 12.2. The molecule has 0 bridgehead atoms. The molecule has 0 saturated heterocycles. The molecule has 4 aromatic rings. The maximum atomic E-state index is 12.3. The Labute approximate surface area is 148 Å². The number of pyridine rings is 1. The second-order valence-corrected chi connectivity index (χ2v) is 5.97. The van der Waals surface area contributed by atoms with Gasteiger partial charge in [-0.3, -0.25) is 4.79 Å². The van der Waals surface area contributed by atoms with Crippen molar-refractivity contribution in [3.05, 3.63) is 77.1 Å². The third kappa shape index (κ3) is 3.09. The zero-order valence-electron chi connectivity index (χ0n) is 13.0. The summed E-state index contributed by atoms with van der Waals surface area (Å²) in [6.45, 7) is 0. The average molecular weight is 349 g/mol. The minimum absolute atomic E-state index is 0.311. The van der Waals surface area contributed by atoms with Crippen molar-refractivity contribution in [2.75, 3.05) is 0 Å². The van der Waals surface area contributed by atoms with E-state index in [2.05, 4.69) is 20.5 Å². The van der Waals surface area contributed by atoms with E-state index in [0.29, 0.717) is 10.7 Å². The maximum Gasteiger partial charge on any atom is 0.289 e. The molecule has 0 saturated carbocycles. The molecule has 2 aromatic carbocycles. The lowest BCUT2D eigenvalue weighted by Crippen LogP contribution is -2.18. The number of hydrogen-bond acceptors (Lipinski definition) is 3. The molecule has 2 heterocycles. The molecule has 0 radical (unpaired) electrons. The van der Waals surface area contributed by atoms with E-state index in [1.54, 1.807) is 30.6 Å². The zero-order valence-corrected chi connectivity index (χ0v) is 13.8. The summed E-state index contributed by atoms with van der Waals surface area (Å²) in [5.41, 5.74) is 5.54. The van der Waals surface area contributed by atoms with Crippen molar-refractivity contribution < 1.29 is 4.79 Å². The molecule has 0 aliphatic carbocycles. The van der Waals surface area contributed by atoms with Crippen LogP contribution in [0.4, 0.5) is 0 Å². The number of hydrogen-bond donors (Lipinski definition) is 2. The molecule has 122 valence electrons. The number of carbonyl (C=O) groups is 1. The van der Waals surface area contributed by atoms with Crippen LogP contribution < -0.4 is 5.43 Å². The number of hydrazone groups is 1. The van der Waals surface area contributed by atoms with Crippen molar-refractivity contribution in [1.29, 1.82) is 0 Å². The molecule has 0 atom stereocenters. The van der Waals surface area contributed by atoms with Crippen LogP contribution in [0.1, 0.15) is 16.1 Å². The molecule has 25 heavy (non-hydrogen) atoms. The van der Waals surface area contributed by atoms with E-state index in [4.69, 9.17) is 11.6 Å². The topological polar surface area (TPSA) is 70.1 Å². The van der Waals surface area contributed by atoms with Gasteiger partial charge in [-0.15, -0.1) is 0 Å². The lowest BCUT2D eigenvalue weighted by atomic mass is 10.1. The molecule has 0 unspecified atom stereocenters. The van der Waals surface area contributed by atoms with Gasteiger partial charge in [-0.2, -0.15) is 5.10 Å². The largest absolute Gasteiger partial charge is 0.353 e. The highest BCUT2D eigenvalue weighted by Crippen LogP contribution is 2.24. The van der Waals surface area contributed by atoms with Crippen LogP contribution in [0.25, 0.3) is 21.8 Å². The van der Waals surface area contributed by atoms with Crippen LogP contribution in [-0.2, 0) is 0 Å². The Hall–Kier alpha value is -3.18. The fourth-order valence-electron chi connectivity index (χ4n) is 2.65. The standard InChI is InChI=1S/C19H13ClN4O/c20-13-7-5-12(6-8-13)10-22-24-19(25)17-9-15-14-3-1-2-4-16(14)23-18(15)11-21-17/h1-11,23H,(H,24,25)/b22-10-. The molecule has 5 nitrogen and oxygen atoms in total. The number of H-pyrrole nitrogens is 1. The fourth-order valence-corrected chi connectivity index (χ4v) is 2.77. The number of para-hydroxylation sites is 1. The minimum atomic E-state index is -0.364. The number of nitrogens with zero attached hydrogens (tertiary/aromatic N) is 2. The quantitative estimate of drug-likeness (QED) is 0.431. The highest BCUT2D eigenvalue weighted by molar-refractivity contribution is 6.30. The third-order valence-corrected chi connectivity index (χ3v) is 4.12. The molecule has 0 aliphatic heterocycles. The van der Waals surface area contributed by atoms with Gasteiger partial charge >= 0.3 is 0 Å². The first-order valence-corrected chi connectivity index (χ1v) is 8.04. The normalized spacial score (nSPS) is 11.4. The van der Waals surface area contributed by atoms with Crippen LogP contribution in [0.3, 0.4) is 0 Å². The molecule has 0 spiro atoms. The van der Waals surface area contributed by atoms with Gasteiger partial charge in [0.05, 0.1) is 17.9 Å². The SMILES string of the molecule is O=C(N/N=C\c1ccc(Cl)cc1)c1cc2c(cn1)[nH]c1ccccc12. The number of aromatic amines is 1. The van der Waals surface area contributed by atoms with Gasteiger partial charge in [0.15, 0.2) is 0 Å². The summed E-state index contributed by atoms with van der Waals surface area (Å²) in [5.74, 6) is -0.364.